The lowest BCUT2D eigenvalue weighted by Gasteiger charge is -2.24. The first kappa shape index (κ1) is 16.5. The van der Waals surface area contributed by atoms with Crippen LogP contribution in [-0.4, -0.2) is 33.8 Å². The third-order valence-electron chi connectivity index (χ3n) is 5.50. The van der Waals surface area contributed by atoms with Crippen LogP contribution in [0.3, 0.4) is 0 Å². The van der Waals surface area contributed by atoms with Gasteiger partial charge < -0.3 is 4.90 Å². The van der Waals surface area contributed by atoms with Crippen LogP contribution in [0.25, 0.3) is 10.9 Å². The average Bonchev–Trinajstić information content (AvgIpc) is 2.99. The van der Waals surface area contributed by atoms with Crippen molar-refractivity contribution in [2.45, 2.75) is 32.6 Å². The molecule has 1 N–H and O–H groups in total. The van der Waals surface area contributed by atoms with Crippen LogP contribution in [0, 0.1) is 11.8 Å². The molecule has 3 aliphatic rings. The quantitative estimate of drug-likeness (QED) is 0.505. The Morgan fingerprint density at radius 1 is 1.08 bits per heavy atom. The summed E-state index contributed by atoms with van der Waals surface area (Å²) in [7, 11) is 0. The van der Waals surface area contributed by atoms with Gasteiger partial charge in [0.05, 0.1) is 16.9 Å². The Balaban J connectivity index is 1.45. The normalized spacial score (nSPS) is 23.6. The third kappa shape index (κ3) is 3.66. The number of hydrogen-bond donors (Lipinski definition) is 1. The van der Waals surface area contributed by atoms with Crippen molar-refractivity contribution >= 4 is 33.9 Å². The van der Waals surface area contributed by atoms with Gasteiger partial charge in [0.1, 0.15) is 0 Å². The summed E-state index contributed by atoms with van der Waals surface area (Å²) < 4.78 is 0. The molecule has 0 radical (unpaired) electrons. The summed E-state index contributed by atoms with van der Waals surface area (Å²) in [6, 6.07) is 12.2. The Bertz CT molecular complexity index is 794. The van der Waals surface area contributed by atoms with Crippen molar-refractivity contribution in [1.29, 1.82) is 0 Å². The summed E-state index contributed by atoms with van der Waals surface area (Å²) in [4.78, 5) is 7.00. The van der Waals surface area contributed by atoms with Crippen LogP contribution in [-0.2, 0) is 0 Å². The van der Waals surface area contributed by atoms with Crippen LogP contribution in [0.1, 0.15) is 38.3 Å². The van der Waals surface area contributed by atoms with E-state index in [4.69, 9.17) is 12.2 Å². The molecule has 1 aromatic carbocycles. The van der Waals surface area contributed by atoms with Crippen LogP contribution < -0.4 is 5.43 Å². The maximum atomic E-state index is 5.60. The highest BCUT2D eigenvalue weighted by Gasteiger charge is 2.30. The van der Waals surface area contributed by atoms with E-state index < -0.39 is 0 Å². The molecule has 5 rings (SSSR count). The largest absolute Gasteiger partial charge is 0.347 e. The van der Waals surface area contributed by atoms with E-state index in [1.807, 2.05) is 31.2 Å². The summed E-state index contributed by atoms with van der Waals surface area (Å²) in [6.45, 7) is 4.12. The first-order valence-corrected chi connectivity index (χ1v) is 9.55. The number of hydrogen-bond acceptors (Lipinski definition) is 3. The Labute approximate surface area is 154 Å². The van der Waals surface area contributed by atoms with Gasteiger partial charge in [-0.25, -0.2) is 4.98 Å². The minimum absolute atomic E-state index is 0.749. The number of nitrogens with one attached hydrogen (secondary N) is 1. The lowest BCUT2D eigenvalue weighted by Crippen LogP contribution is -2.40. The molecule has 3 fully saturated rings. The molecular weight excluding hydrogens is 328 g/mol. The highest BCUT2D eigenvalue weighted by molar-refractivity contribution is 7.80. The van der Waals surface area contributed by atoms with Crippen LogP contribution in [0.15, 0.2) is 41.5 Å². The molecule has 1 saturated carbocycles. The van der Waals surface area contributed by atoms with Crippen LogP contribution in [0.2, 0.25) is 0 Å². The maximum absolute atomic E-state index is 5.60. The van der Waals surface area contributed by atoms with Crippen molar-refractivity contribution in [2.24, 2.45) is 16.9 Å². The van der Waals surface area contributed by atoms with Gasteiger partial charge in [-0.15, -0.1) is 0 Å². The van der Waals surface area contributed by atoms with Crippen molar-refractivity contribution in [3.05, 3.63) is 42.1 Å². The molecule has 2 aliphatic heterocycles. The van der Waals surface area contributed by atoms with E-state index in [1.54, 1.807) is 0 Å². The number of thiocarbonyl (C=S) groups is 1. The second-order valence-electron chi connectivity index (χ2n) is 7.30. The van der Waals surface area contributed by atoms with Gasteiger partial charge in [0, 0.05) is 18.5 Å². The van der Waals surface area contributed by atoms with Gasteiger partial charge in [-0.05, 0) is 68.8 Å². The summed E-state index contributed by atoms with van der Waals surface area (Å²) in [6.07, 6.45) is 5.42. The van der Waals surface area contributed by atoms with E-state index in [1.165, 1.54) is 25.7 Å². The predicted molar refractivity (Wildman–Crippen MR) is 107 cm³/mol. The van der Waals surface area contributed by atoms with Crippen LogP contribution >= 0.6 is 12.2 Å². The SMILES string of the molecule is CC(=NNC(=S)N1CC2CCC(CC2)C1)c1ccc2ccccc2n1. The van der Waals surface area contributed by atoms with Crippen molar-refractivity contribution < 1.29 is 0 Å². The fraction of sp³-hybridized carbons (Fsp3) is 0.450. The molecule has 4 nitrogen and oxygen atoms in total. The predicted octanol–water partition coefficient (Wildman–Crippen LogP) is 3.96. The zero-order chi connectivity index (χ0) is 17.2. The monoisotopic (exact) mass is 352 g/mol. The molecule has 130 valence electrons. The molecule has 1 aromatic heterocycles. The zero-order valence-electron chi connectivity index (χ0n) is 14.6. The number of pyridine rings is 1. The standard InChI is InChI=1S/C20H24N4S/c1-14(18-11-10-17-4-2-3-5-19(17)21-18)22-23-20(25)24-12-15-6-7-16(13-24)9-8-15/h2-5,10-11,15-16H,6-9,12-13H2,1H3,(H,23,25). The van der Waals surface area contributed by atoms with E-state index in [9.17, 15) is 0 Å². The number of nitrogens with zero attached hydrogens (tertiary/aromatic N) is 3. The summed E-state index contributed by atoms with van der Waals surface area (Å²) in [5.41, 5.74) is 5.82. The first-order chi connectivity index (χ1) is 12.2. The summed E-state index contributed by atoms with van der Waals surface area (Å²) >= 11 is 5.60. The Hall–Kier alpha value is -2.01. The second kappa shape index (κ2) is 7.08. The molecular formula is C20H24N4S. The molecule has 0 unspecified atom stereocenters. The average molecular weight is 353 g/mol. The second-order valence-corrected chi connectivity index (χ2v) is 7.68. The van der Waals surface area contributed by atoms with E-state index in [0.29, 0.717) is 0 Å². The Kier molecular flexibility index (Phi) is 4.66. The molecule has 2 bridgehead atoms. The highest BCUT2D eigenvalue weighted by atomic mass is 32.1. The number of aromatic nitrogens is 1. The zero-order valence-corrected chi connectivity index (χ0v) is 15.4. The van der Waals surface area contributed by atoms with Gasteiger partial charge in [0.25, 0.3) is 0 Å². The van der Waals surface area contributed by atoms with Gasteiger partial charge in [0.2, 0.25) is 0 Å². The number of fused-ring (bicyclic) bond motifs is 5. The number of hydrazone groups is 1. The minimum Gasteiger partial charge on any atom is -0.347 e. The van der Waals surface area contributed by atoms with Gasteiger partial charge in [-0.3, -0.25) is 5.43 Å². The van der Waals surface area contributed by atoms with Gasteiger partial charge in [-0.2, -0.15) is 5.10 Å². The number of para-hydroxylation sites is 1. The molecule has 0 atom stereocenters. The van der Waals surface area contributed by atoms with Crippen molar-refractivity contribution in [3.8, 4) is 0 Å². The summed E-state index contributed by atoms with van der Waals surface area (Å²) in [5, 5.41) is 6.39. The van der Waals surface area contributed by atoms with Crippen LogP contribution in [0.5, 0.6) is 0 Å². The number of benzene rings is 1. The van der Waals surface area contributed by atoms with Gasteiger partial charge >= 0.3 is 0 Å². The highest BCUT2D eigenvalue weighted by Crippen LogP contribution is 2.33. The lowest BCUT2D eigenvalue weighted by atomic mass is 9.84. The van der Waals surface area contributed by atoms with Gasteiger partial charge in [-0.1, -0.05) is 24.3 Å². The molecule has 1 aliphatic carbocycles. The molecule has 0 amide bonds. The first-order valence-electron chi connectivity index (χ1n) is 9.14. The van der Waals surface area contributed by atoms with Crippen molar-refractivity contribution in [3.63, 3.8) is 0 Å². The Morgan fingerprint density at radius 3 is 2.48 bits per heavy atom. The molecule has 5 heteroatoms. The molecule has 3 heterocycles. The molecule has 2 saturated heterocycles. The maximum Gasteiger partial charge on any atom is 0.189 e. The number of rotatable bonds is 2. The van der Waals surface area contributed by atoms with Crippen LogP contribution in [0.4, 0.5) is 0 Å². The van der Waals surface area contributed by atoms with Crippen molar-refractivity contribution in [2.75, 3.05) is 13.1 Å². The van der Waals surface area contributed by atoms with Gasteiger partial charge in [0.15, 0.2) is 5.11 Å². The smallest absolute Gasteiger partial charge is 0.189 e. The fourth-order valence-corrected chi connectivity index (χ4v) is 4.18. The van der Waals surface area contributed by atoms with E-state index in [0.717, 1.165) is 52.3 Å². The van der Waals surface area contributed by atoms with E-state index in [-0.39, 0.29) is 0 Å². The summed E-state index contributed by atoms with van der Waals surface area (Å²) in [5.74, 6) is 1.59. The molecule has 0 spiro atoms. The minimum atomic E-state index is 0.749. The van der Waals surface area contributed by atoms with E-state index in [2.05, 4.69) is 32.5 Å². The Morgan fingerprint density at radius 2 is 1.76 bits per heavy atom. The van der Waals surface area contributed by atoms with Crippen molar-refractivity contribution in [1.82, 2.24) is 15.3 Å². The lowest BCUT2D eigenvalue weighted by molar-refractivity contribution is 0.326. The molecule has 2 aromatic rings. The third-order valence-corrected chi connectivity index (χ3v) is 5.85. The fourth-order valence-electron chi connectivity index (χ4n) is 3.99. The van der Waals surface area contributed by atoms with E-state index >= 15 is 0 Å². The molecule has 25 heavy (non-hydrogen) atoms. The topological polar surface area (TPSA) is 40.5 Å².